The van der Waals surface area contributed by atoms with E-state index in [1.165, 1.54) is 24.4 Å². The van der Waals surface area contributed by atoms with Crippen LogP contribution < -0.4 is 9.64 Å². The molecule has 6 heteroatoms. The lowest BCUT2D eigenvalue weighted by Gasteiger charge is -2.14. The minimum atomic E-state index is -0.0402. The first-order valence-corrected chi connectivity index (χ1v) is 5.02. The minimum absolute atomic E-state index is 0.0134. The van der Waals surface area contributed by atoms with E-state index in [1.54, 1.807) is 0 Å². The smallest absolute Gasteiger partial charge is 0.234 e. The van der Waals surface area contributed by atoms with Gasteiger partial charge in [-0.1, -0.05) is 0 Å². The van der Waals surface area contributed by atoms with Gasteiger partial charge in [0.15, 0.2) is 5.82 Å². The molecule has 1 aromatic rings. The summed E-state index contributed by atoms with van der Waals surface area (Å²) in [6.07, 6.45) is 3.35. The zero-order chi connectivity index (χ0) is 11.5. The third kappa shape index (κ3) is 1.96. The molecular formula is C10H13N3O3. The summed E-state index contributed by atoms with van der Waals surface area (Å²) in [5, 5.41) is 9.01. The lowest BCUT2D eigenvalue weighted by molar-refractivity contribution is -0.117. The van der Waals surface area contributed by atoms with Crippen molar-refractivity contribution in [3.05, 3.63) is 12.4 Å². The van der Waals surface area contributed by atoms with Gasteiger partial charge in [-0.3, -0.25) is 14.7 Å². The van der Waals surface area contributed by atoms with E-state index in [2.05, 4.69) is 9.97 Å². The molecule has 2 rings (SSSR count). The average Bonchev–Trinajstić information content (AvgIpc) is 2.71. The Kier molecular flexibility index (Phi) is 3.00. The van der Waals surface area contributed by atoms with Gasteiger partial charge in [-0.25, -0.2) is 0 Å². The van der Waals surface area contributed by atoms with Crippen molar-refractivity contribution in [2.24, 2.45) is 5.92 Å². The Hall–Kier alpha value is -1.69. The van der Waals surface area contributed by atoms with Crippen LogP contribution >= 0.6 is 0 Å². The van der Waals surface area contributed by atoms with Gasteiger partial charge in [0.05, 0.1) is 19.5 Å². The van der Waals surface area contributed by atoms with Gasteiger partial charge in [-0.15, -0.1) is 0 Å². The molecule has 1 unspecified atom stereocenters. The number of aliphatic hydroxyl groups is 1. The molecule has 0 spiro atoms. The third-order valence-corrected chi connectivity index (χ3v) is 2.55. The summed E-state index contributed by atoms with van der Waals surface area (Å²) in [6.45, 7) is 0.497. The molecule has 1 amide bonds. The van der Waals surface area contributed by atoms with Gasteiger partial charge in [0.2, 0.25) is 11.8 Å². The predicted molar refractivity (Wildman–Crippen MR) is 56.1 cm³/mol. The summed E-state index contributed by atoms with van der Waals surface area (Å²) < 4.78 is 4.94. The Morgan fingerprint density at radius 3 is 3.06 bits per heavy atom. The number of carbonyl (C=O) groups is 1. The Morgan fingerprint density at radius 1 is 1.62 bits per heavy atom. The Balaban J connectivity index is 2.20. The maximum atomic E-state index is 11.6. The normalized spacial score (nSPS) is 20.2. The van der Waals surface area contributed by atoms with E-state index in [-0.39, 0.29) is 18.4 Å². The molecule has 1 atom stereocenters. The maximum Gasteiger partial charge on any atom is 0.234 e. The van der Waals surface area contributed by atoms with Crippen molar-refractivity contribution in [2.45, 2.75) is 6.42 Å². The predicted octanol–water partition coefficient (Wildman–Crippen LogP) is -0.170. The first-order chi connectivity index (χ1) is 7.74. The molecule has 1 N–H and O–H groups in total. The number of amides is 1. The van der Waals surface area contributed by atoms with E-state index in [1.807, 2.05) is 0 Å². The van der Waals surface area contributed by atoms with Crippen LogP contribution in [0, 0.1) is 5.92 Å². The number of hydrogen-bond donors (Lipinski definition) is 1. The van der Waals surface area contributed by atoms with Crippen molar-refractivity contribution in [3.8, 4) is 5.88 Å². The van der Waals surface area contributed by atoms with Crippen LogP contribution in [0.3, 0.4) is 0 Å². The second-order valence-corrected chi connectivity index (χ2v) is 3.68. The number of rotatable bonds is 3. The topological polar surface area (TPSA) is 75.6 Å². The summed E-state index contributed by atoms with van der Waals surface area (Å²) in [7, 11) is 1.50. The van der Waals surface area contributed by atoms with Crippen LogP contribution in [0.25, 0.3) is 0 Å². The Labute approximate surface area is 92.9 Å². The highest BCUT2D eigenvalue weighted by atomic mass is 16.5. The first kappa shape index (κ1) is 10.8. The lowest BCUT2D eigenvalue weighted by atomic mass is 10.1. The standard InChI is InChI=1S/C10H13N3O3/c1-16-9-4-11-3-8(12-9)13-5-7(6-14)2-10(13)15/h3-4,7,14H,2,5-6H2,1H3. The summed E-state index contributed by atoms with van der Waals surface area (Å²) in [4.78, 5) is 21.2. The molecule has 0 radical (unpaired) electrons. The van der Waals surface area contributed by atoms with E-state index in [0.29, 0.717) is 24.7 Å². The van der Waals surface area contributed by atoms with Gasteiger partial charge in [0, 0.05) is 25.5 Å². The molecule has 2 heterocycles. The zero-order valence-electron chi connectivity index (χ0n) is 8.96. The molecule has 0 saturated carbocycles. The van der Waals surface area contributed by atoms with Crippen molar-refractivity contribution in [1.82, 2.24) is 9.97 Å². The fourth-order valence-corrected chi connectivity index (χ4v) is 1.69. The number of aromatic nitrogens is 2. The Morgan fingerprint density at radius 2 is 2.44 bits per heavy atom. The number of anilines is 1. The molecule has 0 aliphatic carbocycles. The van der Waals surface area contributed by atoms with Crippen LogP contribution in [0.2, 0.25) is 0 Å². The number of hydrogen-bond acceptors (Lipinski definition) is 5. The molecule has 1 aliphatic rings. The quantitative estimate of drug-likeness (QED) is 0.770. The molecule has 86 valence electrons. The number of methoxy groups -OCH3 is 1. The van der Waals surface area contributed by atoms with Gasteiger partial charge < -0.3 is 9.84 Å². The highest BCUT2D eigenvalue weighted by molar-refractivity contribution is 5.94. The van der Waals surface area contributed by atoms with Crippen molar-refractivity contribution in [3.63, 3.8) is 0 Å². The van der Waals surface area contributed by atoms with Gasteiger partial charge in [-0.05, 0) is 0 Å². The molecule has 1 aliphatic heterocycles. The lowest BCUT2D eigenvalue weighted by Crippen LogP contribution is -2.26. The van der Waals surface area contributed by atoms with Gasteiger partial charge >= 0.3 is 0 Å². The van der Waals surface area contributed by atoms with Crippen LogP contribution in [0.1, 0.15) is 6.42 Å². The number of ether oxygens (including phenoxy) is 1. The largest absolute Gasteiger partial charge is 0.480 e. The second-order valence-electron chi connectivity index (χ2n) is 3.68. The number of aliphatic hydroxyl groups excluding tert-OH is 1. The monoisotopic (exact) mass is 223 g/mol. The van der Waals surface area contributed by atoms with E-state index in [4.69, 9.17) is 9.84 Å². The fraction of sp³-hybridized carbons (Fsp3) is 0.500. The molecule has 16 heavy (non-hydrogen) atoms. The molecule has 6 nitrogen and oxygen atoms in total. The summed E-state index contributed by atoms with van der Waals surface area (Å²) in [5.41, 5.74) is 0. The highest BCUT2D eigenvalue weighted by Crippen LogP contribution is 2.23. The number of carbonyl (C=O) groups excluding carboxylic acids is 1. The van der Waals surface area contributed by atoms with Gasteiger partial charge in [0.25, 0.3) is 0 Å². The molecule has 0 aromatic carbocycles. The van der Waals surface area contributed by atoms with Gasteiger partial charge in [0.1, 0.15) is 0 Å². The highest BCUT2D eigenvalue weighted by Gasteiger charge is 2.31. The molecule has 1 fully saturated rings. The Bertz CT molecular complexity index is 397. The van der Waals surface area contributed by atoms with Crippen LogP contribution in [0.15, 0.2) is 12.4 Å². The van der Waals surface area contributed by atoms with E-state index >= 15 is 0 Å². The molecule has 1 aromatic heterocycles. The number of nitrogens with zero attached hydrogens (tertiary/aromatic N) is 3. The van der Waals surface area contributed by atoms with Crippen LogP contribution in [0.4, 0.5) is 5.82 Å². The zero-order valence-corrected chi connectivity index (χ0v) is 8.96. The third-order valence-electron chi connectivity index (χ3n) is 2.55. The van der Waals surface area contributed by atoms with Crippen molar-refractivity contribution in [1.29, 1.82) is 0 Å². The molecular weight excluding hydrogens is 210 g/mol. The maximum absolute atomic E-state index is 11.6. The van der Waals surface area contributed by atoms with E-state index in [9.17, 15) is 4.79 Å². The first-order valence-electron chi connectivity index (χ1n) is 5.02. The molecule has 0 bridgehead atoms. The minimum Gasteiger partial charge on any atom is -0.480 e. The summed E-state index contributed by atoms with van der Waals surface area (Å²) in [6, 6.07) is 0. The van der Waals surface area contributed by atoms with Crippen molar-refractivity contribution in [2.75, 3.05) is 25.2 Å². The van der Waals surface area contributed by atoms with Crippen molar-refractivity contribution < 1.29 is 14.6 Å². The van der Waals surface area contributed by atoms with Gasteiger partial charge in [-0.2, -0.15) is 4.98 Å². The molecule has 1 saturated heterocycles. The van der Waals surface area contributed by atoms with E-state index < -0.39 is 0 Å². The van der Waals surface area contributed by atoms with E-state index in [0.717, 1.165) is 0 Å². The summed E-state index contributed by atoms with van der Waals surface area (Å²) in [5.74, 6) is 0.792. The second kappa shape index (κ2) is 4.44. The summed E-state index contributed by atoms with van der Waals surface area (Å²) >= 11 is 0. The van der Waals surface area contributed by atoms with Crippen LogP contribution in [-0.2, 0) is 4.79 Å². The SMILES string of the molecule is COc1cncc(N2CC(CO)CC2=O)n1. The van der Waals surface area contributed by atoms with Crippen molar-refractivity contribution >= 4 is 11.7 Å². The average molecular weight is 223 g/mol. The van der Waals surface area contributed by atoms with Crippen LogP contribution in [0.5, 0.6) is 5.88 Å². The van der Waals surface area contributed by atoms with Crippen LogP contribution in [-0.4, -0.2) is 41.2 Å². The fourth-order valence-electron chi connectivity index (χ4n) is 1.69.